The molecule has 44 valence electrons. The first-order valence-electron chi connectivity index (χ1n) is 1.82. The summed E-state index contributed by atoms with van der Waals surface area (Å²) in [7, 11) is 0. The Hall–Kier alpha value is -0.640. The molecule has 1 rings (SSSR count). The van der Waals surface area contributed by atoms with Crippen molar-refractivity contribution in [1.82, 2.24) is 9.97 Å². The van der Waals surface area contributed by atoms with Gasteiger partial charge in [0.15, 0.2) is 0 Å². The minimum absolute atomic E-state index is 0. The molecule has 1 heterocycles. The van der Waals surface area contributed by atoms with Gasteiger partial charge in [-0.05, 0) is 6.07 Å². The molecule has 0 atom stereocenters. The van der Waals surface area contributed by atoms with Crippen molar-refractivity contribution in [2.24, 2.45) is 0 Å². The Morgan fingerprint density at radius 2 is 1.75 bits per heavy atom. The Labute approximate surface area is 53.2 Å². The van der Waals surface area contributed by atoms with Gasteiger partial charge in [-0.25, -0.2) is 9.97 Å². The molecule has 0 aliphatic carbocycles. The lowest BCUT2D eigenvalue weighted by Gasteiger charge is -1.77. The summed E-state index contributed by atoms with van der Waals surface area (Å²) < 4.78 is 11.7. The molecule has 0 amide bonds. The molecule has 0 aliphatic heterocycles. The predicted molar refractivity (Wildman–Crippen MR) is 32.4 cm³/mol. The Bertz CT molecular complexity index is 144. The molecular formula is C4H5FN2S. The van der Waals surface area contributed by atoms with Gasteiger partial charge in [-0.3, -0.25) is 0 Å². The van der Waals surface area contributed by atoms with E-state index in [-0.39, 0.29) is 13.5 Å². The maximum absolute atomic E-state index is 11.7. The Morgan fingerprint density at radius 3 is 2.00 bits per heavy atom. The van der Waals surface area contributed by atoms with Crippen molar-refractivity contribution in [3.05, 3.63) is 24.5 Å². The lowest BCUT2D eigenvalue weighted by atomic mass is 10.7. The summed E-state index contributed by atoms with van der Waals surface area (Å²) in [5.74, 6) is 0. The molecule has 0 aliphatic rings. The van der Waals surface area contributed by atoms with Gasteiger partial charge in [0.25, 0.3) is 0 Å². The van der Waals surface area contributed by atoms with Crippen molar-refractivity contribution in [3.8, 4) is 0 Å². The van der Waals surface area contributed by atoms with Crippen molar-refractivity contribution in [1.29, 1.82) is 0 Å². The SMILES string of the molecule is Fc1ncccn1.S. The van der Waals surface area contributed by atoms with Crippen LogP contribution in [0.3, 0.4) is 0 Å². The highest BCUT2D eigenvalue weighted by Crippen LogP contribution is 1.79. The normalized spacial score (nSPS) is 7.62. The van der Waals surface area contributed by atoms with Gasteiger partial charge in [0.05, 0.1) is 0 Å². The highest BCUT2D eigenvalue weighted by atomic mass is 32.1. The minimum Gasteiger partial charge on any atom is -0.211 e. The molecule has 0 spiro atoms. The third-order valence-electron chi connectivity index (χ3n) is 0.534. The summed E-state index contributed by atoms with van der Waals surface area (Å²) in [4.78, 5) is 6.40. The van der Waals surface area contributed by atoms with E-state index in [4.69, 9.17) is 0 Å². The molecule has 0 fully saturated rings. The second-order valence-electron chi connectivity index (χ2n) is 1.02. The van der Waals surface area contributed by atoms with Crippen molar-refractivity contribution in [2.45, 2.75) is 0 Å². The highest BCUT2D eigenvalue weighted by Gasteiger charge is 1.80. The van der Waals surface area contributed by atoms with E-state index in [0.29, 0.717) is 0 Å². The fraction of sp³-hybridized carbons (Fsp3) is 0. The van der Waals surface area contributed by atoms with Crippen LogP contribution >= 0.6 is 13.5 Å². The average Bonchev–Trinajstić information content (AvgIpc) is 1.69. The van der Waals surface area contributed by atoms with E-state index in [0.717, 1.165) is 0 Å². The van der Waals surface area contributed by atoms with Gasteiger partial charge in [-0.1, -0.05) is 0 Å². The maximum Gasteiger partial charge on any atom is 0.308 e. The smallest absolute Gasteiger partial charge is 0.211 e. The number of nitrogens with zero attached hydrogens (tertiary/aromatic N) is 2. The molecule has 0 aromatic carbocycles. The minimum atomic E-state index is -0.678. The van der Waals surface area contributed by atoms with Crippen LogP contribution in [0.2, 0.25) is 0 Å². The number of hydrogen-bond donors (Lipinski definition) is 0. The van der Waals surface area contributed by atoms with Crippen LogP contribution in [-0.2, 0) is 0 Å². The van der Waals surface area contributed by atoms with Gasteiger partial charge in [0.2, 0.25) is 0 Å². The van der Waals surface area contributed by atoms with Gasteiger partial charge in [0, 0.05) is 12.4 Å². The zero-order valence-corrected chi connectivity index (χ0v) is 5.00. The predicted octanol–water partition coefficient (Wildman–Crippen LogP) is 0.728. The summed E-state index contributed by atoms with van der Waals surface area (Å²) in [6, 6.07) is 1.56. The molecule has 4 heteroatoms. The molecule has 0 unspecified atom stereocenters. The Kier molecular flexibility index (Phi) is 3.10. The van der Waals surface area contributed by atoms with Gasteiger partial charge in [-0.15, -0.1) is 0 Å². The average molecular weight is 132 g/mol. The van der Waals surface area contributed by atoms with Gasteiger partial charge >= 0.3 is 6.08 Å². The van der Waals surface area contributed by atoms with Crippen LogP contribution in [-0.4, -0.2) is 9.97 Å². The molecule has 1 aromatic heterocycles. The molecule has 1 aromatic rings. The Morgan fingerprint density at radius 1 is 1.25 bits per heavy atom. The molecule has 2 nitrogen and oxygen atoms in total. The largest absolute Gasteiger partial charge is 0.308 e. The number of halogens is 1. The van der Waals surface area contributed by atoms with E-state index in [9.17, 15) is 4.39 Å². The zero-order chi connectivity index (χ0) is 5.11. The second-order valence-corrected chi connectivity index (χ2v) is 1.02. The highest BCUT2D eigenvalue weighted by molar-refractivity contribution is 7.59. The maximum atomic E-state index is 11.7. The van der Waals surface area contributed by atoms with E-state index in [1.54, 1.807) is 6.07 Å². The lowest BCUT2D eigenvalue weighted by molar-refractivity contribution is 0.538. The summed E-state index contributed by atoms with van der Waals surface area (Å²) in [6.45, 7) is 0. The molecule has 0 saturated heterocycles. The summed E-state index contributed by atoms with van der Waals surface area (Å²) >= 11 is 0. The summed E-state index contributed by atoms with van der Waals surface area (Å²) in [5.41, 5.74) is 0. The first-order valence-corrected chi connectivity index (χ1v) is 1.82. The molecule has 8 heavy (non-hydrogen) atoms. The lowest BCUT2D eigenvalue weighted by Crippen LogP contribution is -1.81. The summed E-state index contributed by atoms with van der Waals surface area (Å²) in [5, 5.41) is 0. The van der Waals surface area contributed by atoms with E-state index in [1.165, 1.54) is 12.4 Å². The topological polar surface area (TPSA) is 25.8 Å². The fourth-order valence-corrected chi connectivity index (χ4v) is 0.281. The third-order valence-corrected chi connectivity index (χ3v) is 0.534. The van der Waals surface area contributed by atoms with Gasteiger partial charge < -0.3 is 0 Å². The third kappa shape index (κ3) is 1.88. The zero-order valence-electron chi connectivity index (χ0n) is 4.00. The first kappa shape index (κ1) is 7.36. The first-order chi connectivity index (χ1) is 3.39. The number of aromatic nitrogens is 2. The van der Waals surface area contributed by atoms with Crippen LogP contribution in [0, 0.1) is 6.08 Å². The van der Waals surface area contributed by atoms with Crippen LogP contribution in [0.5, 0.6) is 0 Å². The van der Waals surface area contributed by atoms with Gasteiger partial charge in [-0.2, -0.15) is 17.9 Å². The van der Waals surface area contributed by atoms with Crippen molar-refractivity contribution in [3.63, 3.8) is 0 Å². The standard InChI is InChI=1S/C4H3FN2.H2S/c5-4-6-2-1-3-7-4;/h1-3H;1H2. The van der Waals surface area contributed by atoms with E-state index in [2.05, 4.69) is 9.97 Å². The van der Waals surface area contributed by atoms with Crippen LogP contribution in [0.25, 0.3) is 0 Å². The molecular weight excluding hydrogens is 127 g/mol. The van der Waals surface area contributed by atoms with E-state index >= 15 is 0 Å². The second kappa shape index (κ2) is 3.37. The van der Waals surface area contributed by atoms with Crippen LogP contribution < -0.4 is 0 Å². The van der Waals surface area contributed by atoms with Gasteiger partial charge in [0.1, 0.15) is 0 Å². The fourth-order valence-electron chi connectivity index (χ4n) is 0.281. The summed E-state index contributed by atoms with van der Waals surface area (Å²) in [6.07, 6.45) is 2.02. The van der Waals surface area contributed by atoms with Crippen molar-refractivity contribution >= 4 is 13.5 Å². The molecule has 0 bridgehead atoms. The molecule has 0 radical (unpaired) electrons. The quantitative estimate of drug-likeness (QED) is 0.486. The van der Waals surface area contributed by atoms with Crippen molar-refractivity contribution < 1.29 is 4.39 Å². The molecule has 0 saturated carbocycles. The monoisotopic (exact) mass is 132 g/mol. The number of rotatable bonds is 0. The van der Waals surface area contributed by atoms with E-state index < -0.39 is 6.08 Å². The van der Waals surface area contributed by atoms with Crippen LogP contribution in [0.1, 0.15) is 0 Å². The van der Waals surface area contributed by atoms with Crippen LogP contribution in [0.4, 0.5) is 4.39 Å². The number of hydrogen-bond acceptors (Lipinski definition) is 2. The Balaban J connectivity index is 0.000000490. The van der Waals surface area contributed by atoms with Crippen LogP contribution in [0.15, 0.2) is 18.5 Å². The van der Waals surface area contributed by atoms with Crippen molar-refractivity contribution in [2.75, 3.05) is 0 Å². The van der Waals surface area contributed by atoms with E-state index in [1.807, 2.05) is 0 Å². The molecule has 0 N–H and O–H groups in total.